The third-order valence-corrected chi connectivity index (χ3v) is 4.18. The molecular formula is C19H19ClN2O3. The molecule has 6 heteroatoms. The fourth-order valence-electron chi connectivity index (χ4n) is 2.68. The number of nitrogens with one attached hydrogen (secondary N) is 1. The molecule has 25 heavy (non-hydrogen) atoms. The van der Waals surface area contributed by atoms with Crippen LogP contribution in [-0.4, -0.2) is 26.3 Å². The van der Waals surface area contributed by atoms with Crippen LogP contribution in [0, 0.1) is 0 Å². The summed E-state index contributed by atoms with van der Waals surface area (Å²) in [5.74, 6) is 2.50. The van der Waals surface area contributed by atoms with Crippen molar-refractivity contribution in [3.8, 4) is 17.2 Å². The fraction of sp³-hybridized carbons (Fsp3) is 0.211. The Labute approximate surface area is 151 Å². The van der Waals surface area contributed by atoms with E-state index >= 15 is 0 Å². The maximum absolute atomic E-state index is 6.27. The molecule has 0 saturated carbocycles. The average Bonchev–Trinajstić information content (AvgIpc) is 2.65. The highest BCUT2D eigenvalue weighted by molar-refractivity contribution is 6.34. The van der Waals surface area contributed by atoms with E-state index in [4.69, 9.17) is 25.8 Å². The molecule has 5 nitrogen and oxygen atoms in total. The van der Waals surface area contributed by atoms with Crippen molar-refractivity contribution in [2.24, 2.45) is 0 Å². The highest BCUT2D eigenvalue weighted by Crippen LogP contribution is 2.38. The Kier molecular flexibility index (Phi) is 5.14. The monoisotopic (exact) mass is 358 g/mol. The van der Waals surface area contributed by atoms with Crippen molar-refractivity contribution in [1.29, 1.82) is 0 Å². The van der Waals surface area contributed by atoms with E-state index in [2.05, 4.69) is 10.3 Å². The van der Waals surface area contributed by atoms with E-state index in [1.165, 1.54) is 0 Å². The van der Waals surface area contributed by atoms with Gasteiger partial charge in [-0.15, -0.1) is 0 Å². The zero-order valence-corrected chi connectivity index (χ0v) is 15.1. The predicted molar refractivity (Wildman–Crippen MR) is 100 cm³/mol. The molecule has 0 radical (unpaired) electrons. The predicted octanol–water partition coefficient (Wildman–Crippen LogP) is 4.53. The number of fused-ring (bicyclic) bond motifs is 1. The van der Waals surface area contributed by atoms with Crippen molar-refractivity contribution < 1.29 is 14.2 Å². The summed E-state index contributed by atoms with van der Waals surface area (Å²) in [4.78, 5) is 4.40. The maximum atomic E-state index is 6.27. The number of anilines is 1. The minimum absolute atomic E-state index is 0.477. The number of halogens is 1. The van der Waals surface area contributed by atoms with E-state index in [1.54, 1.807) is 21.3 Å². The number of pyridine rings is 1. The van der Waals surface area contributed by atoms with E-state index in [9.17, 15) is 0 Å². The van der Waals surface area contributed by atoms with Crippen LogP contribution in [0.4, 0.5) is 5.82 Å². The molecule has 0 aliphatic carbocycles. The number of benzene rings is 2. The topological polar surface area (TPSA) is 52.6 Å². The normalized spacial score (nSPS) is 10.6. The van der Waals surface area contributed by atoms with E-state index in [0.29, 0.717) is 34.8 Å². The Hall–Kier alpha value is -2.66. The molecule has 3 rings (SSSR count). The van der Waals surface area contributed by atoms with Crippen LogP contribution in [-0.2, 0) is 6.54 Å². The lowest BCUT2D eigenvalue weighted by Gasteiger charge is -2.15. The lowest BCUT2D eigenvalue weighted by Crippen LogP contribution is -2.03. The van der Waals surface area contributed by atoms with Crippen molar-refractivity contribution in [2.75, 3.05) is 26.6 Å². The average molecular weight is 359 g/mol. The highest BCUT2D eigenvalue weighted by atomic mass is 35.5. The van der Waals surface area contributed by atoms with Crippen LogP contribution >= 0.6 is 11.6 Å². The second-order valence-corrected chi connectivity index (χ2v) is 5.76. The standard InChI is InChI=1S/C19H19ClN2O3/c1-23-15-8-12(9-16(24-2)18(15)25-3)11-21-17-10-13-6-4-5-7-14(13)19(20)22-17/h4-10H,11H2,1-3H3,(H,21,22). The number of aromatic nitrogens is 1. The summed E-state index contributed by atoms with van der Waals surface area (Å²) >= 11 is 6.27. The van der Waals surface area contributed by atoms with Crippen molar-refractivity contribution in [2.45, 2.75) is 6.54 Å². The minimum Gasteiger partial charge on any atom is -0.493 e. The number of nitrogens with zero attached hydrogens (tertiary/aromatic N) is 1. The third kappa shape index (κ3) is 3.56. The van der Waals surface area contributed by atoms with Gasteiger partial charge in [-0.25, -0.2) is 4.98 Å². The summed E-state index contributed by atoms with van der Waals surface area (Å²) in [5.41, 5.74) is 0.973. The molecule has 0 saturated heterocycles. The molecule has 0 atom stereocenters. The largest absolute Gasteiger partial charge is 0.493 e. The lowest BCUT2D eigenvalue weighted by atomic mass is 10.1. The first-order valence-electron chi connectivity index (χ1n) is 7.74. The molecule has 0 aliphatic heterocycles. The van der Waals surface area contributed by atoms with Gasteiger partial charge in [-0.2, -0.15) is 0 Å². The summed E-state index contributed by atoms with van der Waals surface area (Å²) in [6.45, 7) is 0.540. The number of methoxy groups -OCH3 is 3. The van der Waals surface area contributed by atoms with E-state index < -0.39 is 0 Å². The molecule has 1 N–H and O–H groups in total. The summed E-state index contributed by atoms with van der Waals surface area (Å²) in [5, 5.41) is 5.73. The van der Waals surface area contributed by atoms with Gasteiger partial charge in [0.05, 0.1) is 21.3 Å². The van der Waals surface area contributed by atoms with Crippen LogP contribution in [0.25, 0.3) is 10.8 Å². The zero-order valence-electron chi connectivity index (χ0n) is 14.3. The Balaban J connectivity index is 1.86. The van der Waals surface area contributed by atoms with Gasteiger partial charge in [-0.1, -0.05) is 35.9 Å². The Morgan fingerprint density at radius 2 is 1.64 bits per heavy atom. The molecule has 0 unspecified atom stereocenters. The third-order valence-electron chi connectivity index (χ3n) is 3.89. The number of ether oxygens (including phenoxy) is 3. The highest BCUT2D eigenvalue weighted by Gasteiger charge is 2.13. The van der Waals surface area contributed by atoms with Gasteiger partial charge in [0.2, 0.25) is 5.75 Å². The molecule has 3 aromatic rings. The van der Waals surface area contributed by atoms with E-state index in [-0.39, 0.29) is 0 Å². The summed E-state index contributed by atoms with van der Waals surface area (Å²) < 4.78 is 16.1. The second-order valence-electron chi connectivity index (χ2n) is 5.41. The van der Waals surface area contributed by atoms with Gasteiger partial charge in [0.15, 0.2) is 11.5 Å². The van der Waals surface area contributed by atoms with Crippen molar-refractivity contribution in [3.05, 3.63) is 53.2 Å². The van der Waals surface area contributed by atoms with E-state index in [0.717, 1.165) is 16.3 Å². The first-order valence-corrected chi connectivity index (χ1v) is 8.12. The van der Waals surface area contributed by atoms with Crippen LogP contribution in [0.2, 0.25) is 5.15 Å². The van der Waals surface area contributed by atoms with Gasteiger partial charge in [-0.3, -0.25) is 0 Å². The van der Waals surface area contributed by atoms with Crippen LogP contribution in [0.3, 0.4) is 0 Å². The zero-order chi connectivity index (χ0) is 17.8. The maximum Gasteiger partial charge on any atom is 0.203 e. The van der Waals surface area contributed by atoms with Crippen molar-refractivity contribution in [3.63, 3.8) is 0 Å². The van der Waals surface area contributed by atoms with Crippen LogP contribution in [0.5, 0.6) is 17.2 Å². The molecule has 1 heterocycles. The molecule has 0 fully saturated rings. The molecular weight excluding hydrogens is 340 g/mol. The Bertz CT molecular complexity index is 874. The molecule has 130 valence electrons. The molecule has 0 bridgehead atoms. The number of rotatable bonds is 6. The molecule has 2 aromatic carbocycles. The molecule has 0 aliphatic rings. The van der Waals surface area contributed by atoms with Gasteiger partial charge in [-0.05, 0) is 29.1 Å². The fourth-order valence-corrected chi connectivity index (χ4v) is 2.94. The first-order chi connectivity index (χ1) is 12.2. The van der Waals surface area contributed by atoms with Gasteiger partial charge in [0.1, 0.15) is 11.0 Å². The lowest BCUT2D eigenvalue weighted by molar-refractivity contribution is 0.324. The smallest absolute Gasteiger partial charge is 0.203 e. The molecule has 1 aromatic heterocycles. The van der Waals surface area contributed by atoms with Crippen molar-refractivity contribution in [1.82, 2.24) is 4.98 Å². The minimum atomic E-state index is 0.477. The Morgan fingerprint density at radius 1 is 0.960 bits per heavy atom. The number of hydrogen-bond acceptors (Lipinski definition) is 5. The van der Waals surface area contributed by atoms with E-state index in [1.807, 2.05) is 42.5 Å². The summed E-state index contributed by atoms with van der Waals surface area (Å²) in [6, 6.07) is 13.6. The SMILES string of the molecule is COc1cc(CNc2cc3ccccc3c(Cl)n2)cc(OC)c1OC. The Morgan fingerprint density at radius 3 is 2.28 bits per heavy atom. The molecule has 0 amide bonds. The first kappa shape index (κ1) is 17.2. The van der Waals surface area contributed by atoms with Crippen molar-refractivity contribution >= 4 is 28.2 Å². The van der Waals surface area contributed by atoms with Gasteiger partial charge in [0, 0.05) is 11.9 Å². The van der Waals surface area contributed by atoms with Gasteiger partial charge >= 0.3 is 0 Å². The second kappa shape index (κ2) is 7.49. The quantitative estimate of drug-likeness (QED) is 0.656. The summed E-state index contributed by atoms with van der Waals surface area (Å²) in [6.07, 6.45) is 0. The molecule has 0 spiro atoms. The van der Waals surface area contributed by atoms with Crippen LogP contribution in [0.1, 0.15) is 5.56 Å². The van der Waals surface area contributed by atoms with Crippen LogP contribution < -0.4 is 19.5 Å². The number of hydrogen-bond donors (Lipinski definition) is 1. The summed E-state index contributed by atoms with van der Waals surface area (Å²) in [7, 11) is 4.78. The van der Waals surface area contributed by atoms with Gasteiger partial charge < -0.3 is 19.5 Å². The van der Waals surface area contributed by atoms with Crippen LogP contribution in [0.15, 0.2) is 42.5 Å². The van der Waals surface area contributed by atoms with Gasteiger partial charge in [0.25, 0.3) is 0 Å².